The minimum Gasteiger partial charge on any atom is -0.303 e. The van der Waals surface area contributed by atoms with Crippen molar-refractivity contribution in [2.45, 2.75) is 67.0 Å². The Kier molecular flexibility index (Phi) is 6.21. The lowest BCUT2D eigenvalue weighted by Crippen LogP contribution is -2.38. The minimum absolute atomic E-state index is 0.800. The lowest BCUT2D eigenvalue weighted by Gasteiger charge is -2.35. The summed E-state index contributed by atoms with van der Waals surface area (Å²) in [6.07, 6.45) is 4.23. The lowest BCUT2D eigenvalue weighted by atomic mass is 9.83. The number of aryl methyl sites for hydroxylation is 2. The second-order valence-electron chi connectivity index (χ2n) is 8.78. The van der Waals surface area contributed by atoms with E-state index in [1.165, 1.54) is 68.9 Å². The van der Waals surface area contributed by atoms with Crippen LogP contribution >= 0.6 is 0 Å². The molecule has 0 bridgehead atoms. The fraction of sp³-hybridized carbons (Fsp3) is 0.857. The zero-order valence-corrected chi connectivity index (χ0v) is 17.1. The predicted molar refractivity (Wildman–Crippen MR) is 105 cm³/mol. The van der Waals surface area contributed by atoms with Gasteiger partial charge in [0.1, 0.15) is 0 Å². The van der Waals surface area contributed by atoms with Crippen LogP contribution in [0.4, 0.5) is 0 Å². The van der Waals surface area contributed by atoms with E-state index >= 15 is 0 Å². The number of rotatable bonds is 6. The first kappa shape index (κ1) is 18.9. The van der Waals surface area contributed by atoms with Gasteiger partial charge in [0, 0.05) is 37.4 Å². The van der Waals surface area contributed by atoms with Crippen molar-refractivity contribution in [2.75, 3.05) is 32.7 Å². The molecule has 0 N–H and O–H groups in total. The van der Waals surface area contributed by atoms with E-state index in [9.17, 15) is 0 Å². The molecule has 0 unspecified atom stereocenters. The number of aromatic nitrogens is 2. The van der Waals surface area contributed by atoms with Gasteiger partial charge in [-0.2, -0.15) is 5.10 Å². The standard InChI is InChI=1S/C21H38N4/c1-6-25-18(5)21(17(4)22-25)15-24-12-9-20(14-24)19-7-10-23(11-8-19)13-16(2)3/h16,19-20H,6-15H2,1-5H3/t20-/m0/s1. The maximum Gasteiger partial charge on any atom is 0.0641 e. The van der Waals surface area contributed by atoms with Gasteiger partial charge in [-0.25, -0.2) is 0 Å². The third-order valence-electron chi connectivity index (χ3n) is 6.44. The Bertz CT molecular complexity index is 554. The molecule has 0 saturated carbocycles. The Morgan fingerprint density at radius 3 is 2.24 bits per heavy atom. The van der Waals surface area contributed by atoms with Crippen LogP contribution in [0.2, 0.25) is 0 Å². The summed E-state index contributed by atoms with van der Waals surface area (Å²) in [6, 6.07) is 0. The molecule has 0 amide bonds. The summed E-state index contributed by atoms with van der Waals surface area (Å²) in [5.74, 6) is 2.67. The third kappa shape index (κ3) is 4.46. The molecular weight excluding hydrogens is 308 g/mol. The van der Waals surface area contributed by atoms with Crippen LogP contribution < -0.4 is 0 Å². The molecule has 1 atom stereocenters. The molecule has 25 heavy (non-hydrogen) atoms. The van der Waals surface area contributed by atoms with Crippen LogP contribution in [-0.2, 0) is 13.1 Å². The van der Waals surface area contributed by atoms with Gasteiger partial charge in [-0.15, -0.1) is 0 Å². The molecule has 3 rings (SSSR count). The average molecular weight is 347 g/mol. The topological polar surface area (TPSA) is 24.3 Å². The zero-order chi connectivity index (χ0) is 18.0. The first-order valence-corrected chi connectivity index (χ1v) is 10.5. The molecule has 0 aromatic carbocycles. The molecule has 4 heteroatoms. The second kappa shape index (κ2) is 8.22. The van der Waals surface area contributed by atoms with Gasteiger partial charge in [0.15, 0.2) is 0 Å². The van der Waals surface area contributed by atoms with E-state index in [4.69, 9.17) is 5.10 Å². The highest BCUT2D eigenvalue weighted by Gasteiger charge is 2.32. The Labute approximate surface area is 154 Å². The van der Waals surface area contributed by atoms with Crippen molar-refractivity contribution in [3.63, 3.8) is 0 Å². The first-order chi connectivity index (χ1) is 12.0. The molecule has 2 aliphatic heterocycles. The van der Waals surface area contributed by atoms with Crippen molar-refractivity contribution >= 4 is 0 Å². The van der Waals surface area contributed by atoms with Gasteiger partial charge in [0.2, 0.25) is 0 Å². The molecule has 3 heterocycles. The average Bonchev–Trinajstić information content (AvgIpc) is 3.15. The van der Waals surface area contributed by atoms with Crippen LogP contribution in [0.3, 0.4) is 0 Å². The van der Waals surface area contributed by atoms with Crippen LogP contribution in [0, 0.1) is 31.6 Å². The van der Waals surface area contributed by atoms with Crippen LogP contribution in [0.25, 0.3) is 0 Å². The van der Waals surface area contributed by atoms with E-state index < -0.39 is 0 Å². The maximum absolute atomic E-state index is 4.70. The monoisotopic (exact) mass is 346 g/mol. The van der Waals surface area contributed by atoms with Crippen LogP contribution in [0.5, 0.6) is 0 Å². The molecule has 0 spiro atoms. The quantitative estimate of drug-likeness (QED) is 0.785. The summed E-state index contributed by atoms with van der Waals surface area (Å²) >= 11 is 0. The minimum atomic E-state index is 0.800. The molecule has 0 aliphatic carbocycles. The van der Waals surface area contributed by atoms with Gasteiger partial charge < -0.3 is 4.90 Å². The molecular formula is C21H38N4. The van der Waals surface area contributed by atoms with Crippen molar-refractivity contribution in [2.24, 2.45) is 17.8 Å². The second-order valence-corrected chi connectivity index (χ2v) is 8.78. The third-order valence-corrected chi connectivity index (χ3v) is 6.44. The number of piperidine rings is 1. The van der Waals surface area contributed by atoms with E-state index in [0.29, 0.717) is 0 Å². The van der Waals surface area contributed by atoms with Crippen LogP contribution in [0.1, 0.15) is 57.0 Å². The summed E-state index contributed by atoms with van der Waals surface area (Å²) in [6.45, 7) is 19.8. The zero-order valence-electron chi connectivity index (χ0n) is 17.1. The summed E-state index contributed by atoms with van der Waals surface area (Å²) in [5.41, 5.74) is 4.06. The fourth-order valence-corrected chi connectivity index (χ4v) is 5.01. The molecule has 1 aromatic heterocycles. The number of hydrogen-bond acceptors (Lipinski definition) is 3. The van der Waals surface area contributed by atoms with Crippen molar-refractivity contribution in [3.05, 3.63) is 17.0 Å². The van der Waals surface area contributed by atoms with Gasteiger partial charge in [0.25, 0.3) is 0 Å². The largest absolute Gasteiger partial charge is 0.303 e. The molecule has 2 fully saturated rings. The Balaban J connectivity index is 1.50. The van der Waals surface area contributed by atoms with E-state index in [0.717, 1.165) is 30.8 Å². The Morgan fingerprint density at radius 1 is 1.00 bits per heavy atom. The summed E-state index contributed by atoms with van der Waals surface area (Å²) in [5, 5.41) is 4.70. The Morgan fingerprint density at radius 2 is 1.64 bits per heavy atom. The summed E-state index contributed by atoms with van der Waals surface area (Å²) in [7, 11) is 0. The lowest BCUT2D eigenvalue weighted by molar-refractivity contribution is 0.135. The predicted octanol–water partition coefficient (Wildman–Crippen LogP) is 3.71. The van der Waals surface area contributed by atoms with Gasteiger partial charge in [-0.05, 0) is 77.4 Å². The molecule has 1 aromatic rings. The SMILES string of the molecule is CCn1nc(C)c(CN2CC[C@H](C3CCN(CC(C)C)CC3)C2)c1C. The first-order valence-electron chi connectivity index (χ1n) is 10.5. The van der Waals surface area contributed by atoms with E-state index in [1.807, 2.05) is 0 Å². The highest BCUT2D eigenvalue weighted by atomic mass is 15.3. The molecule has 2 aliphatic rings. The number of nitrogens with zero attached hydrogens (tertiary/aromatic N) is 4. The van der Waals surface area contributed by atoms with E-state index in [2.05, 4.69) is 49.1 Å². The van der Waals surface area contributed by atoms with Crippen molar-refractivity contribution < 1.29 is 0 Å². The summed E-state index contributed by atoms with van der Waals surface area (Å²) < 4.78 is 2.16. The smallest absolute Gasteiger partial charge is 0.0641 e. The van der Waals surface area contributed by atoms with Crippen molar-refractivity contribution in [3.8, 4) is 0 Å². The van der Waals surface area contributed by atoms with Crippen molar-refractivity contribution in [1.29, 1.82) is 0 Å². The van der Waals surface area contributed by atoms with Gasteiger partial charge in [-0.1, -0.05) is 13.8 Å². The number of hydrogen-bond donors (Lipinski definition) is 0. The Hall–Kier alpha value is -0.870. The maximum atomic E-state index is 4.70. The molecule has 2 saturated heterocycles. The number of likely N-dealkylation sites (tertiary alicyclic amines) is 2. The molecule has 142 valence electrons. The summed E-state index contributed by atoms with van der Waals surface area (Å²) in [4.78, 5) is 5.36. The highest BCUT2D eigenvalue weighted by molar-refractivity contribution is 5.24. The van der Waals surface area contributed by atoms with E-state index in [1.54, 1.807) is 0 Å². The van der Waals surface area contributed by atoms with E-state index in [-0.39, 0.29) is 0 Å². The molecule has 4 nitrogen and oxygen atoms in total. The van der Waals surface area contributed by atoms with Gasteiger partial charge in [0.05, 0.1) is 5.69 Å². The molecule has 0 radical (unpaired) electrons. The van der Waals surface area contributed by atoms with Crippen molar-refractivity contribution in [1.82, 2.24) is 19.6 Å². The fourth-order valence-electron chi connectivity index (χ4n) is 5.01. The van der Waals surface area contributed by atoms with Gasteiger partial charge >= 0.3 is 0 Å². The van der Waals surface area contributed by atoms with Crippen LogP contribution in [-0.4, -0.2) is 52.3 Å². The van der Waals surface area contributed by atoms with Gasteiger partial charge in [-0.3, -0.25) is 9.58 Å². The van der Waals surface area contributed by atoms with Crippen LogP contribution in [0.15, 0.2) is 0 Å². The normalized spacial score (nSPS) is 23.8. The highest BCUT2D eigenvalue weighted by Crippen LogP contribution is 2.33.